The minimum absolute atomic E-state index is 0.292. The summed E-state index contributed by atoms with van der Waals surface area (Å²) in [6.07, 6.45) is 0.967. The van der Waals surface area contributed by atoms with Crippen molar-refractivity contribution < 1.29 is 8.78 Å². The van der Waals surface area contributed by atoms with E-state index < -0.39 is 10.7 Å². The third-order valence-electron chi connectivity index (χ3n) is 1.95. The quantitative estimate of drug-likeness (QED) is 0.571. The van der Waals surface area contributed by atoms with Gasteiger partial charge in [0.05, 0.1) is 4.83 Å². The lowest BCUT2D eigenvalue weighted by Gasteiger charge is -2.18. The van der Waals surface area contributed by atoms with E-state index >= 15 is 0 Å². The van der Waals surface area contributed by atoms with Gasteiger partial charge in [-0.2, -0.15) is 0 Å². The average Bonchev–Trinajstić information content (AvgIpc) is 2.19. The number of hydrogen-bond donors (Lipinski definition) is 0. The van der Waals surface area contributed by atoms with E-state index in [-0.39, 0.29) is 0 Å². The largest absolute Gasteiger partial charge is 0.278 e. The van der Waals surface area contributed by atoms with E-state index in [1.165, 1.54) is 0 Å². The standard InChI is InChI=1S/C11H11BrF2/c1-2-11(13,14)10(12)8-9-6-4-3-5-7-9/h2-7,10H,1,8H2. The summed E-state index contributed by atoms with van der Waals surface area (Å²) in [6.45, 7) is 3.12. The lowest BCUT2D eigenvalue weighted by atomic mass is 10.1. The Bertz CT molecular complexity index is 295. The summed E-state index contributed by atoms with van der Waals surface area (Å²) in [7, 11) is 0. The highest BCUT2D eigenvalue weighted by atomic mass is 79.9. The highest BCUT2D eigenvalue weighted by Crippen LogP contribution is 2.28. The van der Waals surface area contributed by atoms with Crippen molar-refractivity contribution in [3.63, 3.8) is 0 Å². The first-order chi connectivity index (χ1) is 6.56. The van der Waals surface area contributed by atoms with E-state index in [9.17, 15) is 8.78 Å². The van der Waals surface area contributed by atoms with Crippen LogP contribution in [0.3, 0.4) is 0 Å². The smallest absolute Gasteiger partial charge is 0.201 e. The van der Waals surface area contributed by atoms with Crippen LogP contribution in [0.1, 0.15) is 5.56 Å². The van der Waals surface area contributed by atoms with Crippen LogP contribution in [0, 0.1) is 0 Å². The molecular weight excluding hydrogens is 250 g/mol. The maximum atomic E-state index is 13.1. The highest BCUT2D eigenvalue weighted by Gasteiger charge is 2.33. The fourth-order valence-electron chi connectivity index (χ4n) is 1.08. The van der Waals surface area contributed by atoms with Crippen molar-refractivity contribution in [3.05, 3.63) is 48.6 Å². The molecule has 1 atom stereocenters. The van der Waals surface area contributed by atoms with Gasteiger partial charge in [0.15, 0.2) is 0 Å². The number of benzene rings is 1. The second-order valence-corrected chi connectivity index (χ2v) is 4.14. The molecule has 1 rings (SSSR count). The molecule has 0 bridgehead atoms. The average molecular weight is 261 g/mol. The van der Waals surface area contributed by atoms with E-state index in [2.05, 4.69) is 22.5 Å². The second-order valence-electron chi connectivity index (χ2n) is 3.04. The van der Waals surface area contributed by atoms with Gasteiger partial charge in [-0.05, 0) is 18.1 Å². The molecule has 14 heavy (non-hydrogen) atoms. The summed E-state index contributed by atoms with van der Waals surface area (Å²) in [5.74, 6) is -2.87. The maximum Gasteiger partial charge on any atom is 0.278 e. The zero-order valence-electron chi connectivity index (χ0n) is 7.59. The first-order valence-corrected chi connectivity index (χ1v) is 5.17. The van der Waals surface area contributed by atoms with E-state index in [4.69, 9.17) is 0 Å². The van der Waals surface area contributed by atoms with Crippen LogP contribution in [0.4, 0.5) is 8.78 Å². The number of rotatable bonds is 4. The Morgan fingerprint density at radius 1 is 1.36 bits per heavy atom. The van der Waals surface area contributed by atoms with Gasteiger partial charge in [-0.15, -0.1) is 0 Å². The van der Waals surface area contributed by atoms with E-state index in [0.717, 1.165) is 5.56 Å². The Kier molecular flexibility index (Phi) is 3.81. The molecule has 0 spiro atoms. The van der Waals surface area contributed by atoms with Crippen molar-refractivity contribution in [2.75, 3.05) is 0 Å². The molecule has 0 heterocycles. The topological polar surface area (TPSA) is 0 Å². The predicted molar refractivity (Wildman–Crippen MR) is 58.0 cm³/mol. The van der Waals surface area contributed by atoms with Crippen molar-refractivity contribution in [2.24, 2.45) is 0 Å². The minimum Gasteiger partial charge on any atom is -0.201 e. The molecule has 0 saturated heterocycles. The van der Waals surface area contributed by atoms with Crippen LogP contribution in [-0.4, -0.2) is 10.7 Å². The molecule has 0 aliphatic heterocycles. The molecule has 1 unspecified atom stereocenters. The molecular formula is C11H11BrF2. The van der Waals surface area contributed by atoms with E-state index in [1.807, 2.05) is 30.3 Å². The van der Waals surface area contributed by atoms with Crippen molar-refractivity contribution in [1.29, 1.82) is 0 Å². The number of alkyl halides is 3. The molecule has 3 heteroatoms. The van der Waals surface area contributed by atoms with Gasteiger partial charge in [-0.1, -0.05) is 52.8 Å². The van der Waals surface area contributed by atoms with E-state index in [0.29, 0.717) is 12.5 Å². The van der Waals surface area contributed by atoms with Gasteiger partial charge in [0.25, 0.3) is 5.92 Å². The van der Waals surface area contributed by atoms with E-state index in [1.54, 1.807) is 0 Å². The predicted octanol–water partition coefficient (Wildman–Crippen LogP) is 3.81. The van der Waals surface area contributed by atoms with Crippen molar-refractivity contribution >= 4 is 15.9 Å². The van der Waals surface area contributed by atoms with Gasteiger partial charge in [-0.25, -0.2) is 8.78 Å². The third kappa shape index (κ3) is 2.91. The fraction of sp³-hybridized carbons (Fsp3) is 0.273. The molecule has 0 fully saturated rings. The number of allylic oxidation sites excluding steroid dienone is 1. The second kappa shape index (κ2) is 4.69. The molecule has 1 aromatic carbocycles. The summed E-state index contributed by atoms with van der Waals surface area (Å²) in [4.78, 5) is -0.894. The lowest BCUT2D eigenvalue weighted by Crippen LogP contribution is -2.27. The molecule has 0 radical (unpaired) electrons. The summed E-state index contributed by atoms with van der Waals surface area (Å²) in [5, 5.41) is 0. The Balaban J connectivity index is 2.66. The molecule has 0 amide bonds. The fourth-order valence-corrected chi connectivity index (χ4v) is 1.65. The van der Waals surface area contributed by atoms with Gasteiger partial charge in [-0.3, -0.25) is 0 Å². The summed E-state index contributed by atoms with van der Waals surface area (Å²) in [6, 6.07) is 9.18. The lowest BCUT2D eigenvalue weighted by molar-refractivity contribution is 0.0551. The Hall–Kier alpha value is -0.700. The van der Waals surface area contributed by atoms with Gasteiger partial charge in [0, 0.05) is 0 Å². The van der Waals surface area contributed by atoms with Gasteiger partial charge >= 0.3 is 0 Å². The third-order valence-corrected chi connectivity index (χ3v) is 2.88. The minimum atomic E-state index is -2.87. The summed E-state index contributed by atoms with van der Waals surface area (Å²) < 4.78 is 26.1. The van der Waals surface area contributed by atoms with Crippen molar-refractivity contribution in [1.82, 2.24) is 0 Å². The summed E-state index contributed by atoms with van der Waals surface area (Å²) in [5.41, 5.74) is 0.885. The molecule has 0 saturated carbocycles. The Morgan fingerprint density at radius 3 is 2.43 bits per heavy atom. The molecule has 0 nitrogen and oxygen atoms in total. The van der Waals surface area contributed by atoms with Crippen LogP contribution in [0.5, 0.6) is 0 Å². The van der Waals surface area contributed by atoms with Crippen LogP contribution in [0.25, 0.3) is 0 Å². The first kappa shape index (κ1) is 11.4. The van der Waals surface area contributed by atoms with Gasteiger partial charge < -0.3 is 0 Å². The van der Waals surface area contributed by atoms with Crippen molar-refractivity contribution in [2.45, 2.75) is 17.2 Å². The number of hydrogen-bond acceptors (Lipinski definition) is 0. The summed E-state index contributed by atoms with van der Waals surface area (Å²) >= 11 is 2.98. The van der Waals surface area contributed by atoms with Crippen LogP contribution >= 0.6 is 15.9 Å². The first-order valence-electron chi connectivity index (χ1n) is 4.25. The van der Waals surface area contributed by atoms with Crippen LogP contribution in [0.15, 0.2) is 43.0 Å². The van der Waals surface area contributed by atoms with Gasteiger partial charge in [0.2, 0.25) is 0 Å². The highest BCUT2D eigenvalue weighted by molar-refractivity contribution is 9.09. The zero-order valence-corrected chi connectivity index (χ0v) is 9.18. The molecule has 1 aromatic rings. The molecule has 0 N–H and O–H groups in total. The SMILES string of the molecule is C=CC(F)(F)C(Br)Cc1ccccc1. The van der Waals surface area contributed by atoms with Crippen LogP contribution in [-0.2, 0) is 6.42 Å². The maximum absolute atomic E-state index is 13.1. The molecule has 0 aliphatic carbocycles. The molecule has 0 aliphatic rings. The monoisotopic (exact) mass is 260 g/mol. The van der Waals surface area contributed by atoms with Crippen LogP contribution in [0.2, 0.25) is 0 Å². The van der Waals surface area contributed by atoms with Crippen LogP contribution < -0.4 is 0 Å². The number of halogens is 3. The van der Waals surface area contributed by atoms with Gasteiger partial charge in [0.1, 0.15) is 0 Å². The molecule has 76 valence electrons. The Morgan fingerprint density at radius 2 is 1.93 bits per heavy atom. The van der Waals surface area contributed by atoms with Crippen molar-refractivity contribution in [3.8, 4) is 0 Å². The normalized spacial score (nSPS) is 13.6. The Labute approximate surface area is 90.8 Å². The molecule has 0 aromatic heterocycles. The zero-order chi connectivity index (χ0) is 10.6.